The number of urea groups is 1. The van der Waals surface area contributed by atoms with Gasteiger partial charge in [-0.1, -0.05) is 13.8 Å². The summed E-state index contributed by atoms with van der Waals surface area (Å²) in [5.41, 5.74) is 0. The summed E-state index contributed by atoms with van der Waals surface area (Å²) in [6.45, 7) is 5.23. The van der Waals surface area contributed by atoms with Crippen LogP contribution in [0.5, 0.6) is 0 Å². The van der Waals surface area contributed by atoms with Crippen molar-refractivity contribution in [3.8, 4) is 0 Å². The van der Waals surface area contributed by atoms with Gasteiger partial charge in [0, 0.05) is 20.1 Å². The Bertz CT molecular complexity index is 215. The topological polar surface area (TPSA) is 52.6 Å². The molecule has 1 aliphatic carbocycles. The first-order valence-electron chi connectivity index (χ1n) is 5.67. The molecule has 0 bridgehead atoms. The van der Waals surface area contributed by atoms with E-state index in [0.717, 1.165) is 12.8 Å². The molecule has 1 atom stereocenters. The van der Waals surface area contributed by atoms with Crippen molar-refractivity contribution in [3.05, 3.63) is 0 Å². The van der Waals surface area contributed by atoms with Crippen molar-refractivity contribution in [1.82, 2.24) is 10.2 Å². The van der Waals surface area contributed by atoms with E-state index in [4.69, 9.17) is 0 Å². The van der Waals surface area contributed by atoms with E-state index in [1.54, 1.807) is 11.9 Å². The lowest BCUT2D eigenvalue weighted by Gasteiger charge is -2.21. The van der Waals surface area contributed by atoms with Gasteiger partial charge in [-0.3, -0.25) is 0 Å². The smallest absolute Gasteiger partial charge is 0.317 e. The van der Waals surface area contributed by atoms with Gasteiger partial charge >= 0.3 is 6.03 Å². The highest BCUT2D eigenvalue weighted by atomic mass is 16.3. The molecule has 0 saturated heterocycles. The molecule has 4 heteroatoms. The van der Waals surface area contributed by atoms with Crippen molar-refractivity contribution in [1.29, 1.82) is 0 Å². The second-order valence-electron chi connectivity index (χ2n) is 4.87. The molecule has 4 nitrogen and oxygen atoms in total. The van der Waals surface area contributed by atoms with Crippen LogP contribution in [0.1, 0.15) is 26.7 Å². The molecule has 1 unspecified atom stereocenters. The molecule has 0 aromatic heterocycles. The fraction of sp³-hybridized carbons (Fsp3) is 0.909. The minimum atomic E-state index is -0.347. The molecule has 0 spiro atoms. The molecular formula is C11H22N2O2. The summed E-state index contributed by atoms with van der Waals surface area (Å²) in [7, 11) is 1.72. The molecular weight excluding hydrogens is 192 g/mol. The van der Waals surface area contributed by atoms with Crippen molar-refractivity contribution >= 4 is 6.03 Å². The Morgan fingerprint density at radius 2 is 2.13 bits per heavy atom. The summed E-state index contributed by atoms with van der Waals surface area (Å²) in [5, 5.41) is 12.5. The average Bonchev–Trinajstić information content (AvgIpc) is 2.96. The summed E-state index contributed by atoms with van der Waals surface area (Å²) in [5.74, 6) is 0.876. The first-order valence-corrected chi connectivity index (χ1v) is 5.67. The summed E-state index contributed by atoms with van der Waals surface area (Å²) in [4.78, 5) is 13.1. The van der Waals surface area contributed by atoms with Crippen LogP contribution < -0.4 is 5.32 Å². The molecule has 0 aliphatic heterocycles. The number of aliphatic hydroxyl groups is 1. The Balaban J connectivity index is 2.19. The van der Waals surface area contributed by atoms with Gasteiger partial charge < -0.3 is 15.3 Å². The first-order chi connectivity index (χ1) is 7.00. The molecule has 0 radical (unpaired) electrons. The second-order valence-corrected chi connectivity index (χ2v) is 4.87. The van der Waals surface area contributed by atoms with Crippen LogP contribution in [0, 0.1) is 11.8 Å². The van der Waals surface area contributed by atoms with E-state index in [0.29, 0.717) is 24.9 Å². The zero-order valence-corrected chi connectivity index (χ0v) is 9.86. The number of carbonyl (C=O) groups excluding carboxylic acids is 1. The van der Waals surface area contributed by atoms with Gasteiger partial charge in [0.1, 0.15) is 0 Å². The maximum Gasteiger partial charge on any atom is 0.317 e. The summed E-state index contributed by atoms with van der Waals surface area (Å²) in [6, 6.07) is -0.0941. The van der Waals surface area contributed by atoms with E-state index in [-0.39, 0.29) is 12.1 Å². The van der Waals surface area contributed by atoms with Crippen LogP contribution in [0.4, 0.5) is 4.79 Å². The standard InChI is InChI=1S/C11H22N2O2/c1-8(2)6-12-11(15)13(3)7-10(14)9-4-5-9/h8-10,14H,4-7H2,1-3H3,(H,12,15). The molecule has 1 aliphatic rings. The van der Waals surface area contributed by atoms with E-state index in [1.807, 2.05) is 0 Å². The molecule has 1 saturated carbocycles. The number of amides is 2. The number of rotatable bonds is 5. The molecule has 0 aromatic rings. The van der Waals surface area contributed by atoms with Crippen LogP contribution in [-0.2, 0) is 0 Å². The van der Waals surface area contributed by atoms with Crippen LogP contribution in [0.2, 0.25) is 0 Å². The minimum absolute atomic E-state index is 0.0941. The summed E-state index contributed by atoms with van der Waals surface area (Å²) in [6.07, 6.45) is 1.85. The zero-order chi connectivity index (χ0) is 11.4. The Morgan fingerprint density at radius 1 is 1.53 bits per heavy atom. The average molecular weight is 214 g/mol. The predicted octanol–water partition coefficient (Wildman–Crippen LogP) is 1.05. The lowest BCUT2D eigenvalue weighted by atomic mass is 10.2. The fourth-order valence-electron chi connectivity index (χ4n) is 1.42. The number of carbonyl (C=O) groups is 1. The largest absolute Gasteiger partial charge is 0.391 e. The number of nitrogens with one attached hydrogen (secondary N) is 1. The van der Waals surface area contributed by atoms with E-state index >= 15 is 0 Å². The van der Waals surface area contributed by atoms with Gasteiger partial charge in [0.2, 0.25) is 0 Å². The molecule has 0 heterocycles. The molecule has 1 rings (SSSR count). The molecule has 2 amide bonds. The maximum atomic E-state index is 11.5. The Morgan fingerprint density at radius 3 is 2.60 bits per heavy atom. The quantitative estimate of drug-likeness (QED) is 0.719. The molecule has 15 heavy (non-hydrogen) atoms. The monoisotopic (exact) mass is 214 g/mol. The van der Waals surface area contributed by atoms with Gasteiger partial charge in [-0.2, -0.15) is 0 Å². The number of aliphatic hydroxyl groups excluding tert-OH is 1. The highest BCUT2D eigenvalue weighted by Gasteiger charge is 2.31. The third-order valence-corrected chi connectivity index (χ3v) is 2.64. The van der Waals surface area contributed by atoms with Crippen molar-refractivity contribution < 1.29 is 9.90 Å². The second kappa shape index (κ2) is 5.35. The lowest BCUT2D eigenvalue weighted by Crippen LogP contribution is -2.42. The van der Waals surface area contributed by atoms with E-state index < -0.39 is 0 Å². The fourth-order valence-corrected chi connectivity index (χ4v) is 1.42. The summed E-state index contributed by atoms with van der Waals surface area (Å²) < 4.78 is 0. The first kappa shape index (κ1) is 12.3. The maximum absolute atomic E-state index is 11.5. The van der Waals surface area contributed by atoms with Crippen molar-refractivity contribution in [2.75, 3.05) is 20.1 Å². The normalized spacial score (nSPS) is 17.7. The Hall–Kier alpha value is -0.770. The van der Waals surface area contributed by atoms with E-state index in [1.165, 1.54) is 0 Å². The van der Waals surface area contributed by atoms with Gasteiger partial charge in [0.25, 0.3) is 0 Å². The number of nitrogens with zero attached hydrogens (tertiary/aromatic N) is 1. The lowest BCUT2D eigenvalue weighted by molar-refractivity contribution is 0.113. The number of likely N-dealkylation sites (N-methyl/N-ethyl adjacent to an activating group) is 1. The zero-order valence-electron chi connectivity index (χ0n) is 9.86. The van der Waals surface area contributed by atoms with Crippen molar-refractivity contribution in [2.24, 2.45) is 11.8 Å². The van der Waals surface area contributed by atoms with Crippen LogP contribution in [0.15, 0.2) is 0 Å². The highest BCUT2D eigenvalue weighted by molar-refractivity contribution is 5.73. The molecule has 88 valence electrons. The van der Waals surface area contributed by atoms with Crippen LogP contribution in [0.25, 0.3) is 0 Å². The van der Waals surface area contributed by atoms with Crippen molar-refractivity contribution in [3.63, 3.8) is 0 Å². The Kier molecular flexibility index (Phi) is 4.39. The highest BCUT2D eigenvalue weighted by Crippen LogP contribution is 2.32. The predicted molar refractivity (Wildman–Crippen MR) is 59.6 cm³/mol. The van der Waals surface area contributed by atoms with E-state index in [2.05, 4.69) is 19.2 Å². The van der Waals surface area contributed by atoms with Crippen molar-refractivity contribution in [2.45, 2.75) is 32.8 Å². The molecule has 2 N–H and O–H groups in total. The van der Waals surface area contributed by atoms with Gasteiger partial charge in [0.05, 0.1) is 6.10 Å². The number of hydrogen-bond acceptors (Lipinski definition) is 2. The third-order valence-electron chi connectivity index (χ3n) is 2.64. The Labute approximate surface area is 91.6 Å². The van der Waals surface area contributed by atoms with E-state index in [9.17, 15) is 9.90 Å². The molecule has 1 fully saturated rings. The van der Waals surface area contributed by atoms with Crippen LogP contribution in [-0.4, -0.2) is 42.3 Å². The van der Waals surface area contributed by atoms with Crippen LogP contribution in [0.3, 0.4) is 0 Å². The minimum Gasteiger partial charge on any atom is -0.391 e. The SMILES string of the molecule is CC(C)CNC(=O)N(C)CC(O)C1CC1. The number of hydrogen-bond donors (Lipinski definition) is 2. The van der Waals surface area contributed by atoms with Gasteiger partial charge in [0.15, 0.2) is 0 Å². The third kappa shape index (κ3) is 4.51. The van der Waals surface area contributed by atoms with Crippen LogP contribution >= 0.6 is 0 Å². The van der Waals surface area contributed by atoms with Gasteiger partial charge in [-0.25, -0.2) is 4.79 Å². The molecule has 0 aromatic carbocycles. The van der Waals surface area contributed by atoms with Gasteiger partial charge in [-0.15, -0.1) is 0 Å². The van der Waals surface area contributed by atoms with Gasteiger partial charge in [-0.05, 0) is 24.7 Å². The summed E-state index contributed by atoms with van der Waals surface area (Å²) >= 11 is 0.